The van der Waals surface area contributed by atoms with E-state index in [-0.39, 0.29) is 0 Å². The Morgan fingerprint density at radius 2 is 0.667 bits per heavy atom. The second-order valence-electron chi connectivity index (χ2n) is 8.09. The van der Waals surface area contributed by atoms with E-state index in [1.165, 1.54) is 0 Å². The molecule has 4 aromatic rings. The molecule has 0 aliphatic carbocycles. The van der Waals surface area contributed by atoms with E-state index in [9.17, 15) is 25.1 Å². The monoisotopic (exact) mass is 436 g/mol. The molecule has 0 aliphatic rings. The Bertz CT molecular complexity index is 1050. The molecule has 0 bridgehead atoms. The van der Waals surface area contributed by atoms with Crippen LogP contribution in [-0.4, -0.2) is 46.3 Å². The van der Waals surface area contributed by atoms with Crippen molar-refractivity contribution >= 4 is 37.5 Å². The molecule has 0 aliphatic heterocycles. The summed E-state index contributed by atoms with van der Waals surface area (Å²) in [5.41, 5.74) is 7.40. The third-order valence-corrected chi connectivity index (χ3v) is 5.74. The van der Waals surface area contributed by atoms with Gasteiger partial charge in [-0.3, -0.25) is 0 Å². The van der Waals surface area contributed by atoms with Crippen LogP contribution in [0.2, 0.25) is 6.82 Å². The van der Waals surface area contributed by atoms with E-state index in [4.69, 9.17) is 0 Å². The molecule has 0 atom stereocenters. The van der Waals surface area contributed by atoms with Crippen molar-refractivity contribution in [3.8, 4) is 33.4 Å². The summed E-state index contributed by atoms with van der Waals surface area (Å²) >= 11 is 0. The zero-order chi connectivity index (χ0) is 23.5. The molecule has 0 amide bonds. The standard InChI is InChI=1S/C25H23B3O5/c1-26(29)23-8-2-17(3-9-23)20-14-21(18-4-10-24(11-5-18)27(30)31)16-22(15-20)19-6-12-25(13-7-19)28(32)33/h2-16,29-33H,1H3. The number of hydrogen-bond donors (Lipinski definition) is 5. The molecule has 0 radical (unpaired) electrons. The quantitative estimate of drug-likeness (QED) is 0.289. The average Bonchev–Trinajstić information content (AvgIpc) is 2.84. The third kappa shape index (κ3) is 5.28. The highest BCUT2D eigenvalue weighted by atomic mass is 16.4. The lowest BCUT2D eigenvalue weighted by molar-refractivity contribution is 0.424. The second kappa shape index (κ2) is 9.79. The molecule has 0 saturated carbocycles. The maximum Gasteiger partial charge on any atom is 0.488 e. The predicted molar refractivity (Wildman–Crippen MR) is 136 cm³/mol. The van der Waals surface area contributed by atoms with Gasteiger partial charge in [-0.25, -0.2) is 0 Å². The summed E-state index contributed by atoms with van der Waals surface area (Å²) in [5.74, 6) is 0. The van der Waals surface area contributed by atoms with Gasteiger partial charge in [-0.2, -0.15) is 0 Å². The Morgan fingerprint density at radius 3 is 0.909 bits per heavy atom. The highest BCUT2D eigenvalue weighted by Gasteiger charge is 2.14. The summed E-state index contributed by atoms with van der Waals surface area (Å²) < 4.78 is 0. The first-order valence-corrected chi connectivity index (χ1v) is 10.7. The fourth-order valence-electron chi connectivity index (χ4n) is 3.78. The van der Waals surface area contributed by atoms with Crippen molar-refractivity contribution in [1.82, 2.24) is 0 Å². The Morgan fingerprint density at radius 1 is 0.394 bits per heavy atom. The third-order valence-electron chi connectivity index (χ3n) is 5.74. The van der Waals surface area contributed by atoms with Crippen molar-refractivity contribution < 1.29 is 25.1 Å². The van der Waals surface area contributed by atoms with Gasteiger partial charge in [0.25, 0.3) is 0 Å². The highest BCUT2D eigenvalue weighted by Crippen LogP contribution is 2.32. The molecule has 0 unspecified atom stereocenters. The van der Waals surface area contributed by atoms with Crippen molar-refractivity contribution in [2.24, 2.45) is 0 Å². The van der Waals surface area contributed by atoms with Crippen molar-refractivity contribution in [3.05, 3.63) is 91.0 Å². The Hall–Kier alpha value is -3.13. The average molecular weight is 436 g/mol. The van der Waals surface area contributed by atoms with E-state index in [2.05, 4.69) is 12.1 Å². The fraction of sp³-hybridized carbons (Fsp3) is 0.0400. The molecule has 0 aromatic heterocycles. The van der Waals surface area contributed by atoms with Crippen LogP contribution < -0.4 is 16.4 Å². The zero-order valence-electron chi connectivity index (χ0n) is 18.1. The van der Waals surface area contributed by atoms with Crippen molar-refractivity contribution in [2.75, 3.05) is 0 Å². The molecule has 33 heavy (non-hydrogen) atoms. The second-order valence-corrected chi connectivity index (χ2v) is 8.09. The van der Waals surface area contributed by atoms with Crippen molar-refractivity contribution in [3.63, 3.8) is 0 Å². The first-order chi connectivity index (χ1) is 15.8. The SMILES string of the molecule is CB(O)c1ccc(-c2cc(-c3ccc(B(O)O)cc3)cc(-c3ccc(B(O)O)cc3)c2)cc1. The van der Waals surface area contributed by atoms with Crippen LogP contribution in [0.5, 0.6) is 0 Å². The van der Waals surface area contributed by atoms with E-state index >= 15 is 0 Å². The lowest BCUT2D eigenvalue weighted by atomic mass is 9.64. The van der Waals surface area contributed by atoms with Gasteiger partial charge in [0.1, 0.15) is 0 Å². The summed E-state index contributed by atoms with van der Waals surface area (Å²) in [6.45, 7) is 1.19. The van der Waals surface area contributed by atoms with Gasteiger partial charge in [-0.1, -0.05) is 79.6 Å². The van der Waals surface area contributed by atoms with Gasteiger partial charge in [0.05, 0.1) is 0 Å². The van der Waals surface area contributed by atoms with Crippen LogP contribution in [0, 0.1) is 0 Å². The molecule has 5 N–H and O–H groups in total. The first kappa shape index (κ1) is 23.0. The molecule has 8 heteroatoms. The van der Waals surface area contributed by atoms with E-state index in [0.29, 0.717) is 10.9 Å². The largest absolute Gasteiger partial charge is 0.488 e. The van der Waals surface area contributed by atoms with Crippen molar-refractivity contribution in [2.45, 2.75) is 6.82 Å². The summed E-state index contributed by atoms with van der Waals surface area (Å²) in [4.78, 5) is 0. The van der Waals surface area contributed by atoms with Crippen LogP contribution in [0.1, 0.15) is 0 Å². The smallest absolute Gasteiger partial charge is 0.447 e. The first-order valence-electron chi connectivity index (χ1n) is 10.7. The number of rotatable bonds is 6. The molecule has 4 rings (SSSR count). The molecule has 0 spiro atoms. The summed E-state index contributed by atoms with van der Waals surface area (Å²) in [6, 6.07) is 28.0. The molecule has 0 heterocycles. The topological polar surface area (TPSA) is 101 Å². The summed E-state index contributed by atoms with van der Waals surface area (Å²) in [7, 11) is -3.04. The van der Waals surface area contributed by atoms with Crippen LogP contribution in [0.4, 0.5) is 0 Å². The lowest BCUT2D eigenvalue weighted by Gasteiger charge is -2.13. The van der Waals surface area contributed by atoms with Gasteiger partial charge in [0, 0.05) is 0 Å². The minimum Gasteiger partial charge on any atom is -0.447 e. The molecule has 0 saturated heterocycles. The van der Waals surface area contributed by atoms with E-state index in [1.807, 2.05) is 54.6 Å². The van der Waals surface area contributed by atoms with Crippen LogP contribution in [0.3, 0.4) is 0 Å². The van der Waals surface area contributed by atoms with Crippen LogP contribution >= 0.6 is 0 Å². The lowest BCUT2D eigenvalue weighted by Crippen LogP contribution is -2.29. The Labute approximate surface area is 194 Å². The Kier molecular flexibility index (Phi) is 6.84. The molecule has 0 fully saturated rings. The van der Waals surface area contributed by atoms with Gasteiger partial charge < -0.3 is 25.1 Å². The van der Waals surface area contributed by atoms with Gasteiger partial charge in [0.2, 0.25) is 0 Å². The molecule has 4 aromatic carbocycles. The predicted octanol–water partition coefficient (Wildman–Crippen LogP) is 0.868. The summed E-state index contributed by atoms with van der Waals surface area (Å²) in [5, 5.41) is 47.4. The van der Waals surface area contributed by atoms with Gasteiger partial charge in [-0.15, -0.1) is 0 Å². The number of hydrogen-bond acceptors (Lipinski definition) is 5. The molecular formula is C25H23B3O5. The fourth-order valence-corrected chi connectivity index (χ4v) is 3.78. The molecule has 5 nitrogen and oxygen atoms in total. The van der Waals surface area contributed by atoms with Gasteiger partial charge in [0.15, 0.2) is 0 Å². The molecular weight excluding hydrogens is 413 g/mol. The number of benzene rings is 4. The van der Waals surface area contributed by atoms with Crippen LogP contribution in [-0.2, 0) is 0 Å². The van der Waals surface area contributed by atoms with E-state index in [1.54, 1.807) is 31.1 Å². The van der Waals surface area contributed by atoms with Crippen LogP contribution in [0.25, 0.3) is 33.4 Å². The summed E-state index contributed by atoms with van der Waals surface area (Å²) in [6.07, 6.45) is 0. The minimum absolute atomic E-state index is 0.419. The highest BCUT2D eigenvalue weighted by molar-refractivity contribution is 6.64. The van der Waals surface area contributed by atoms with E-state index < -0.39 is 21.2 Å². The van der Waals surface area contributed by atoms with Crippen LogP contribution in [0.15, 0.2) is 91.0 Å². The molecule has 162 valence electrons. The van der Waals surface area contributed by atoms with Crippen molar-refractivity contribution in [1.29, 1.82) is 0 Å². The normalized spacial score (nSPS) is 10.7. The van der Waals surface area contributed by atoms with E-state index in [0.717, 1.165) is 38.8 Å². The minimum atomic E-state index is -1.52. The van der Waals surface area contributed by atoms with Gasteiger partial charge >= 0.3 is 21.2 Å². The van der Waals surface area contributed by atoms with Gasteiger partial charge in [-0.05, 0) is 68.0 Å². The zero-order valence-corrected chi connectivity index (χ0v) is 18.1. The Balaban J connectivity index is 1.81. The maximum atomic E-state index is 9.82. The maximum absolute atomic E-state index is 9.82.